The van der Waals surface area contributed by atoms with Crippen molar-refractivity contribution in [1.29, 1.82) is 0 Å². The van der Waals surface area contributed by atoms with Gasteiger partial charge in [0.1, 0.15) is 0 Å². The Kier molecular flexibility index (Phi) is 2.64. The van der Waals surface area contributed by atoms with Gasteiger partial charge in [-0.05, 0) is 25.0 Å². The van der Waals surface area contributed by atoms with Gasteiger partial charge in [0.15, 0.2) is 0 Å². The lowest BCUT2D eigenvalue weighted by atomic mass is 9.70. The Bertz CT molecular complexity index is 628. The fraction of sp³-hybridized carbons (Fsp3) is 0.438. The van der Waals surface area contributed by atoms with Crippen LogP contribution in [0.1, 0.15) is 19.3 Å². The Labute approximate surface area is 122 Å². The smallest absolute Gasteiger partial charge is 0.239 e. The van der Waals surface area contributed by atoms with Crippen molar-refractivity contribution < 1.29 is 14.4 Å². The number of hydrogen-bond donors (Lipinski definition) is 0. The van der Waals surface area contributed by atoms with Gasteiger partial charge >= 0.3 is 0 Å². The third kappa shape index (κ3) is 1.66. The zero-order valence-electron chi connectivity index (χ0n) is 11.6. The topological polar surface area (TPSA) is 57.7 Å². The van der Waals surface area contributed by atoms with Crippen LogP contribution in [0.5, 0.6) is 0 Å². The molecule has 0 N–H and O–H groups in total. The second-order valence-corrected chi connectivity index (χ2v) is 5.97. The van der Waals surface area contributed by atoms with Crippen molar-refractivity contribution in [3.8, 4) is 0 Å². The van der Waals surface area contributed by atoms with Crippen molar-refractivity contribution in [2.45, 2.75) is 25.3 Å². The van der Waals surface area contributed by atoms with E-state index in [4.69, 9.17) is 0 Å². The predicted octanol–water partition coefficient (Wildman–Crippen LogP) is 1.19. The molecule has 0 unspecified atom stereocenters. The Morgan fingerprint density at radius 3 is 2.43 bits per heavy atom. The minimum Gasteiger partial charge on any atom is -0.339 e. The van der Waals surface area contributed by atoms with Crippen LogP contribution >= 0.6 is 0 Å². The van der Waals surface area contributed by atoms with E-state index in [1.54, 1.807) is 17.0 Å². The van der Waals surface area contributed by atoms with Crippen LogP contribution in [0.15, 0.2) is 30.3 Å². The SMILES string of the molecule is O=C1[C@H]2[C@H](C[C@@H]2N2CCCC2=O)C(=O)N1c1ccccc1. The van der Waals surface area contributed by atoms with Crippen LogP contribution in [0.4, 0.5) is 5.69 Å². The van der Waals surface area contributed by atoms with Gasteiger partial charge in [-0.25, -0.2) is 4.90 Å². The van der Waals surface area contributed by atoms with Crippen LogP contribution in [-0.2, 0) is 14.4 Å². The maximum atomic E-state index is 12.6. The second kappa shape index (κ2) is 4.41. The van der Waals surface area contributed by atoms with E-state index in [-0.39, 0.29) is 35.6 Å². The number of carbonyl (C=O) groups excluding carboxylic acids is 3. The molecule has 1 saturated carbocycles. The maximum absolute atomic E-state index is 12.6. The largest absolute Gasteiger partial charge is 0.339 e. The summed E-state index contributed by atoms with van der Waals surface area (Å²) in [6.45, 7) is 0.722. The quantitative estimate of drug-likeness (QED) is 0.766. The second-order valence-electron chi connectivity index (χ2n) is 5.97. The monoisotopic (exact) mass is 284 g/mol. The molecule has 3 aliphatic rings. The predicted molar refractivity (Wildman–Crippen MR) is 75.3 cm³/mol. The van der Waals surface area contributed by atoms with Gasteiger partial charge in [0.05, 0.1) is 17.5 Å². The molecule has 1 aromatic rings. The number of carbonyl (C=O) groups is 3. The molecule has 3 amide bonds. The number of hydrogen-bond acceptors (Lipinski definition) is 3. The van der Waals surface area contributed by atoms with E-state index >= 15 is 0 Å². The summed E-state index contributed by atoms with van der Waals surface area (Å²) in [5, 5.41) is 0. The molecule has 0 bridgehead atoms. The zero-order chi connectivity index (χ0) is 14.6. The summed E-state index contributed by atoms with van der Waals surface area (Å²) < 4.78 is 0. The Balaban J connectivity index is 1.61. The lowest BCUT2D eigenvalue weighted by Crippen LogP contribution is -2.54. The van der Waals surface area contributed by atoms with Gasteiger partial charge in [0.2, 0.25) is 17.7 Å². The van der Waals surface area contributed by atoms with Gasteiger partial charge in [-0.1, -0.05) is 18.2 Å². The van der Waals surface area contributed by atoms with Gasteiger partial charge in [-0.15, -0.1) is 0 Å². The number of likely N-dealkylation sites (tertiary alicyclic amines) is 1. The number of benzene rings is 1. The summed E-state index contributed by atoms with van der Waals surface area (Å²) in [5.74, 6) is -0.709. The van der Waals surface area contributed by atoms with Gasteiger partial charge in [-0.2, -0.15) is 0 Å². The van der Waals surface area contributed by atoms with E-state index in [2.05, 4.69) is 0 Å². The molecule has 2 saturated heterocycles. The highest BCUT2D eigenvalue weighted by atomic mass is 16.2. The Morgan fingerprint density at radius 2 is 1.76 bits per heavy atom. The maximum Gasteiger partial charge on any atom is 0.239 e. The molecule has 2 heterocycles. The molecule has 0 spiro atoms. The summed E-state index contributed by atoms with van der Waals surface area (Å²) in [6, 6.07) is 8.96. The van der Waals surface area contributed by atoms with E-state index in [9.17, 15) is 14.4 Å². The summed E-state index contributed by atoms with van der Waals surface area (Å²) in [5.41, 5.74) is 0.633. The highest BCUT2D eigenvalue weighted by Gasteiger charge is 2.61. The lowest BCUT2D eigenvalue weighted by molar-refractivity contribution is -0.141. The summed E-state index contributed by atoms with van der Waals surface area (Å²) in [6.07, 6.45) is 2.06. The first-order valence-electron chi connectivity index (χ1n) is 7.41. The summed E-state index contributed by atoms with van der Waals surface area (Å²) >= 11 is 0. The summed E-state index contributed by atoms with van der Waals surface area (Å²) in [7, 11) is 0. The van der Waals surface area contributed by atoms with Gasteiger partial charge < -0.3 is 4.90 Å². The fourth-order valence-corrected chi connectivity index (χ4v) is 3.81. The van der Waals surface area contributed by atoms with Crippen molar-refractivity contribution in [2.75, 3.05) is 11.4 Å². The molecule has 108 valence electrons. The average molecular weight is 284 g/mol. The van der Waals surface area contributed by atoms with Crippen LogP contribution in [0.2, 0.25) is 0 Å². The average Bonchev–Trinajstić information content (AvgIpc) is 2.92. The third-order valence-corrected chi connectivity index (χ3v) is 4.91. The molecule has 5 nitrogen and oxygen atoms in total. The van der Waals surface area contributed by atoms with Gasteiger partial charge in [-0.3, -0.25) is 14.4 Å². The molecule has 0 aromatic heterocycles. The van der Waals surface area contributed by atoms with Crippen LogP contribution < -0.4 is 4.90 Å². The number of rotatable bonds is 2. The molecule has 2 aliphatic heterocycles. The van der Waals surface area contributed by atoms with Crippen molar-refractivity contribution in [1.82, 2.24) is 4.90 Å². The zero-order valence-corrected chi connectivity index (χ0v) is 11.6. The molecule has 0 radical (unpaired) electrons. The first-order chi connectivity index (χ1) is 10.2. The molecular weight excluding hydrogens is 268 g/mol. The first kappa shape index (κ1) is 12.6. The van der Waals surface area contributed by atoms with Crippen molar-refractivity contribution in [3.63, 3.8) is 0 Å². The number of nitrogens with zero attached hydrogens (tertiary/aromatic N) is 2. The van der Waals surface area contributed by atoms with Crippen molar-refractivity contribution in [2.24, 2.45) is 11.8 Å². The number of para-hydroxylation sites is 1. The van der Waals surface area contributed by atoms with Gasteiger partial charge in [0.25, 0.3) is 0 Å². The van der Waals surface area contributed by atoms with Gasteiger partial charge in [0, 0.05) is 19.0 Å². The van der Waals surface area contributed by atoms with E-state index in [0.717, 1.165) is 13.0 Å². The van der Waals surface area contributed by atoms with E-state index in [0.29, 0.717) is 18.5 Å². The summed E-state index contributed by atoms with van der Waals surface area (Å²) in [4.78, 5) is 40.0. The van der Waals surface area contributed by atoms with Crippen LogP contribution in [0.25, 0.3) is 0 Å². The number of anilines is 1. The van der Waals surface area contributed by atoms with Crippen molar-refractivity contribution in [3.05, 3.63) is 30.3 Å². The highest BCUT2D eigenvalue weighted by molar-refractivity contribution is 6.23. The molecule has 1 aromatic carbocycles. The minimum absolute atomic E-state index is 0.0739. The number of amides is 3. The van der Waals surface area contributed by atoms with Crippen LogP contribution in [0.3, 0.4) is 0 Å². The molecule has 5 heteroatoms. The van der Waals surface area contributed by atoms with Crippen LogP contribution in [-0.4, -0.2) is 35.2 Å². The van der Waals surface area contributed by atoms with Crippen molar-refractivity contribution >= 4 is 23.4 Å². The standard InChI is InChI=1S/C16H16N2O3/c19-13-7-4-8-17(13)12-9-11-14(12)16(21)18(15(11)20)10-5-2-1-3-6-10/h1-3,5-6,11-12,14H,4,7-9H2/t11-,12-,14-/m0/s1. The minimum atomic E-state index is -0.334. The number of imide groups is 1. The molecule has 21 heavy (non-hydrogen) atoms. The highest BCUT2D eigenvalue weighted by Crippen LogP contribution is 2.47. The van der Waals surface area contributed by atoms with E-state index in [1.165, 1.54) is 4.90 Å². The Hall–Kier alpha value is -2.17. The lowest BCUT2D eigenvalue weighted by Gasteiger charge is -2.42. The molecule has 1 aliphatic carbocycles. The molecule has 4 rings (SSSR count). The fourth-order valence-electron chi connectivity index (χ4n) is 3.81. The molecule has 3 fully saturated rings. The third-order valence-electron chi connectivity index (χ3n) is 4.91. The van der Waals surface area contributed by atoms with E-state index < -0.39 is 0 Å². The number of fused-ring (bicyclic) bond motifs is 1. The molecule has 3 atom stereocenters. The molecular formula is C16H16N2O3. The van der Waals surface area contributed by atoms with E-state index in [1.807, 2.05) is 18.2 Å². The normalized spacial score (nSPS) is 31.6. The van der Waals surface area contributed by atoms with Crippen LogP contribution in [0, 0.1) is 11.8 Å². The Morgan fingerprint density at radius 1 is 1.00 bits per heavy atom. The first-order valence-corrected chi connectivity index (χ1v) is 7.41.